The summed E-state index contributed by atoms with van der Waals surface area (Å²) in [5.74, 6) is 0. The number of hydrogen-bond donors (Lipinski definition) is 0. The molecule has 5 aliphatic rings. The van der Waals surface area contributed by atoms with Crippen LogP contribution in [0.25, 0.3) is 44.5 Å². The molecule has 0 spiro atoms. The van der Waals surface area contributed by atoms with Gasteiger partial charge in [0, 0.05) is 45.0 Å². The Labute approximate surface area is 407 Å². The Hall–Kier alpha value is -8.20. The van der Waals surface area contributed by atoms with E-state index in [1.165, 1.54) is 95.0 Å². The average molecular weight is 887 g/mol. The van der Waals surface area contributed by atoms with Crippen LogP contribution < -0.4 is 9.80 Å². The smallest absolute Gasteiger partial charge is 0.0618 e. The minimum atomic E-state index is -0.225. The van der Waals surface area contributed by atoms with Gasteiger partial charge in [-0.05, 0) is 141 Å². The molecule has 10 aromatic carbocycles. The van der Waals surface area contributed by atoms with Crippen LogP contribution in [0.4, 0.5) is 34.1 Å². The van der Waals surface area contributed by atoms with Gasteiger partial charge in [-0.2, -0.15) is 0 Å². The van der Waals surface area contributed by atoms with Crippen molar-refractivity contribution in [3.63, 3.8) is 0 Å². The summed E-state index contributed by atoms with van der Waals surface area (Å²) in [4.78, 5) is 5.10. The van der Waals surface area contributed by atoms with Crippen molar-refractivity contribution in [1.82, 2.24) is 0 Å². The third-order valence-electron chi connectivity index (χ3n) is 14.6. The average Bonchev–Trinajstić information content (AvgIpc) is 3.64. The predicted molar refractivity (Wildman–Crippen MR) is 291 cm³/mol. The Bertz CT molecular complexity index is 3350. The van der Waals surface area contributed by atoms with Gasteiger partial charge in [0.2, 0.25) is 0 Å². The molecule has 4 bridgehead atoms. The molecule has 5 aliphatic carbocycles. The topological polar surface area (TPSA) is 6.48 Å². The van der Waals surface area contributed by atoms with Gasteiger partial charge in [0.1, 0.15) is 0 Å². The van der Waals surface area contributed by atoms with Crippen LogP contribution >= 0.6 is 0 Å². The molecule has 2 nitrogen and oxygen atoms in total. The van der Waals surface area contributed by atoms with E-state index >= 15 is 0 Å². The maximum Gasteiger partial charge on any atom is 0.0618 e. The molecule has 0 atom stereocenters. The van der Waals surface area contributed by atoms with Crippen molar-refractivity contribution >= 4 is 34.1 Å². The first-order valence-electron chi connectivity index (χ1n) is 24.5. The summed E-state index contributed by atoms with van der Waals surface area (Å²) in [6.45, 7) is 4.82. The minimum absolute atomic E-state index is 0.225. The summed E-state index contributed by atoms with van der Waals surface area (Å²) in [5.41, 5.74) is 24.8. The highest BCUT2D eigenvalue weighted by molar-refractivity contribution is 6.01. The first-order valence-corrected chi connectivity index (χ1v) is 24.5. The number of fused-ring (bicyclic) bond motifs is 3. The SMILES string of the molecule is CC1(C)c2ccccc2-c2c(-c3ccccc3)cc(N(c3cc4ccc3CCc3ccc(c(N(c5ccccc5)c5ccccc5)c3)CC4)c3c(-c4ccccc4)cccc3-c3ccccc3)cc21. The standard InChI is InChI=1S/C67H54N2/c1-67(2)61-34-19-18-31-59(61)65-60(51-25-12-5-13-26-51)45-56(46-62(65)67)69(66-57(49-21-8-3-9-22-49)32-20-33-58(66)50-23-10-4-11-24-50)64-44-48-36-40-52-39-35-47(37-41-53(64)42-38-48)43-63(52)68(54-27-14-6-15-28-54)55-29-16-7-17-30-55/h3-35,38-39,42-46H,36-37,40-41H2,1-2H3. The molecule has 0 unspecified atom stereocenters. The van der Waals surface area contributed by atoms with Crippen molar-refractivity contribution in [2.75, 3.05) is 9.80 Å². The van der Waals surface area contributed by atoms with Crippen molar-refractivity contribution in [1.29, 1.82) is 0 Å². The quantitative estimate of drug-likeness (QED) is 0.142. The van der Waals surface area contributed by atoms with Gasteiger partial charge in [0.25, 0.3) is 0 Å². The molecule has 0 saturated carbocycles. The largest absolute Gasteiger partial charge is 0.310 e. The van der Waals surface area contributed by atoms with Crippen molar-refractivity contribution in [3.8, 4) is 44.5 Å². The van der Waals surface area contributed by atoms with Gasteiger partial charge in [0.05, 0.1) is 5.69 Å². The maximum atomic E-state index is 2.65. The summed E-state index contributed by atoms with van der Waals surface area (Å²) in [6, 6.07) is 90.3. The molecule has 0 aromatic heterocycles. The predicted octanol–water partition coefficient (Wildman–Crippen LogP) is 17.8. The first-order chi connectivity index (χ1) is 34.0. The number of anilines is 6. The lowest BCUT2D eigenvalue weighted by molar-refractivity contribution is 0.660. The van der Waals surface area contributed by atoms with Gasteiger partial charge in [-0.25, -0.2) is 0 Å². The zero-order chi connectivity index (χ0) is 46.3. The first kappa shape index (κ1) is 42.2. The zero-order valence-corrected chi connectivity index (χ0v) is 39.3. The Morgan fingerprint density at radius 1 is 0.319 bits per heavy atom. The second kappa shape index (κ2) is 17.8. The normalized spacial score (nSPS) is 13.2. The van der Waals surface area contributed by atoms with Gasteiger partial charge in [-0.15, -0.1) is 0 Å². The van der Waals surface area contributed by atoms with E-state index in [0.29, 0.717) is 0 Å². The lowest BCUT2D eigenvalue weighted by Gasteiger charge is -2.34. The Morgan fingerprint density at radius 2 is 0.754 bits per heavy atom. The number of rotatable bonds is 9. The molecule has 0 radical (unpaired) electrons. The maximum absolute atomic E-state index is 2.65. The molecule has 0 amide bonds. The number of para-hydroxylation sites is 3. The molecule has 0 heterocycles. The summed E-state index contributed by atoms with van der Waals surface area (Å²) in [7, 11) is 0. The highest BCUT2D eigenvalue weighted by atomic mass is 15.2. The van der Waals surface area contributed by atoms with E-state index in [1.807, 2.05) is 0 Å². The van der Waals surface area contributed by atoms with Gasteiger partial charge in [0.15, 0.2) is 0 Å². The van der Waals surface area contributed by atoms with E-state index < -0.39 is 0 Å². The van der Waals surface area contributed by atoms with Crippen LogP contribution in [0, 0.1) is 0 Å². The monoisotopic (exact) mass is 886 g/mol. The molecule has 15 rings (SSSR count). The summed E-state index contributed by atoms with van der Waals surface area (Å²) >= 11 is 0. The van der Waals surface area contributed by atoms with Crippen LogP contribution in [-0.2, 0) is 31.1 Å². The molecule has 0 fully saturated rings. The fourth-order valence-corrected chi connectivity index (χ4v) is 11.2. The second-order valence-corrected chi connectivity index (χ2v) is 19.2. The third kappa shape index (κ3) is 7.73. The Balaban J connectivity index is 1.10. The summed E-state index contributed by atoms with van der Waals surface area (Å²) in [5, 5.41) is 0. The van der Waals surface area contributed by atoms with Crippen molar-refractivity contribution in [2.24, 2.45) is 0 Å². The molecule has 0 saturated heterocycles. The van der Waals surface area contributed by atoms with Crippen LogP contribution in [0.3, 0.4) is 0 Å². The molecule has 10 aromatic rings. The zero-order valence-electron chi connectivity index (χ0n) is 39.3. The van der Waals surface area contributed by atoms with E-state index in [2.05, 4.69) is 266 Å². The van der Waals surface area contributed by atoms with E-state index in [0.717, 1.165) is 42.7 Å². The van der Waals surface area contributed by atoms with Gasteiger partial charge >= 0.3 is 0 Å². The van der Waals surface area contributed by atoms with E-state index in [-0.39, 0.29) is 5.41 Å². The van der Waals surface area contributed by atoms with Crippen LogP contribution in [0.2, 0.25) is 0 Å². The fraction of sp³-hybridized carbons (Fsp3) is 0.104. The molecular formula is C67H54N2. The Morgan fingerprint density at radius 3 is 1.28 bits per heavy atom. The molecule has 69 heavy (non-hydrogen) atoms. The van der Waals surface area contributed by atoms with Gasteiger partial charge in [-0.1, -0.05) is 208 Å². The number of benzene rings is 10. The summed E-state index contributed by atoms with van der Waals surface area (Å²) in [6.07, 6.45) is 3.53. The molecular weight excluding hydrogens is 833 g/mol. The molecule has 0 N–H and O–H groups in total. The fourth-order valence-electron chi connectivity index (χ4n) is 11.2. The molecule has 332 valence electrons. The third-order valence-corrected chi connectivity index (χ3v) is 14.6. The minimum Gasteiger partial charge on any atom is -0.310 e. The van der Waals surface area contributed by atoms with Crippen LogP contribution in [-0.4, -0.2) is 0 Å². The van der Waals surface area contributed by atoms with Crippen molar-refractivity contribution in [2.45, 2.75) is 44.9 Å². The highest BCUT2D eigenvalue weighted by Gasteiger charge is 2.38. The van der Waals surface area contributed by atoms with Gasteiger partial charge < -0.3 is 9.80 Å². The van der Waals surface area contributed by atoms with Crippen LogP contribution in [0.15, 0.2) is 243 Å². The van der Waals surface area contributed by atoms with Crippen LogP contribution in [0.5, 0.6) is 0 Å². The highest BCUT2D eigenvalue weighted by Crippen LogP contribution is 2.56. The van der Waals surface area contributed by atoms with E-state index in [1.54, 1.807) is 0 Å². The molecule has 2 heteroatoms. The van der Waals surface area contributed by atoms with E-state index in [4.69, 9.17) is 0 Å². The second-order valence-electron chi connectivity index (χ2n) is 19.2. The number of hydrogen-bond acceptors (Lipinski definition) is 2. The van der Waals surface area contributed by atoms with Crippen molar-refractivity contribution in [3.05, 3.63) is 276 Å². The van der Waals surface area contributed by atoms with Crippen molar-refractivity contribution < 1.29 is 0 Å². The van der Waals surface area contributed by atoms with E-state index in [9.17, 15) is 0 Å². The summed E-state index contributed by atoms with van der Waals surface area (Å²) < 4.78 is 0. The van der Waals surface area contributed by atoms with Gasteiger partial charge in [-0.3, -0.25) is 0 Å². The molecule has 0 aliphatic heterocycles. The number of aryl methyl sites for hydroxylation is 4. The number of nitrogens with zero attached hydrogens (tertiary/aromatic N) is 2. The Kier molecular flexibility index (Phi) is 10.9. The van der Waals surface area contributed by atoms with Crippen LogP contribution in [0.1, 0.15) is 47.2 Å². The lowest BCUT2D eigenvalue weighted by Crippen LogP contribution is -2.19. The lowest BCUT2D eigenvalue weighted by atomic mass is 9.81.